The molecule has 2 aliphatic carbocycles. The van der Waals surface area contributed by atoms with Gasteiger partial charge in [-0.15, -0.1) is 5.10 Å². The number of nitrogens with zero attached hydrogens (tertiary/aromatic N) is 5. The topological polar surface area (TPSA) is 111 Å². The van der Waals surface area contributed by atoms with Crippen molar-refractivity contribution in [2.45, 2.75) is 69.0 Å². The van der Waals surface area contributed by atoms with E-state index in [2.05, 4.69) is 38.7 Å². The molecular weight excluding hydrogens is 546 g/mol. The maximum atomic E-state index is 14.6. The Kier molecular flexibility index (Phi) is 7.01. The molecule has 0 aliphatic heterocycles. The number of sulfonamides is 1. The molecule has 4 aromatic rings. The average Bonchev–Trinajstić information content (AvgIpc) is 3.84. The third-order valence-electron chi connectivity index (χ3n) is 8.34. The molecule has 0 radical (unpaired) electrons. The minimum Gasteiger partial charge on any atom is -0.252 e. The Hall–Kier alpha value is -3.86. The highest BCUT2D eigenvalue weighted by atomic mass is 32.2. The van der Waals surface area contributed by atoms with Crippen LogP contribution >= 0.6 is 0 Å². The van der Waals surface area contributed by atoms with Crippen LogP contribution in [0.5, 0.6) is 0 Å². The van der Waals surface area contributed by atoms with Crippen molar-refractivity contribution in [1.29, 1.82) is 0 Å². The van der Waals surface area contributed by atoms with Gasteiger partial charge in [0.2, 0.25) is 16.0 Å². The van der Waals surface area contributed by atoms with Gasteiger partial charge in [0.15, 0.2) is 0 Å². The van der Waals surface area contributed by atoms with Crippen molar-refractivity contribution in [3.8, 4) is 22.5 Å². The van der Waals surface area contributed by atoms with E-state index in [9.17, 15) is 17.2 Å². The highest BCUT2D eigenvalue weighted by Gasteiger charge is 2.43. The Morgan fingerprint density at radius 3 is 2.32 bits per heavy atom. The first-order valence-corrected chi connectivity index (χ1v) is 15.4. The molecule has 3 aromatic heterocycles. The van der Waals surface area contributed by atoms with Crippen LogP contribution in [0.3, 0.4) is 0 Å². The zero-order chi connectivity index (χ0) is 28.8. The molecule has 0 spiro atoms. The van der Waals surface area contributed by atoms with Crippen LogP contribution in [0, 0.1) is 11.6 Å². The van der Waals surface area contributed by atoms with E-state index in [0.29, 0.717) is 30.5 Å². The van der Waals surface area contributed by atoms with Gasteiger partial charge < -0.3 is 0 Å². The van der Waals surface area contributed by atoms with Gasteiger partial charge in [0.25, 0.3) is 0 Å². The number of benzene rings is 1. The fourth-order valence-electron chi connectivity index (χ4n) is 5.81. The van der Waals surface area contributed by atoms with Crippen LogP contribution in [0.25, 0.3) is 22.5 Å². The fourth-order valence-corrected chi connectivity index (χ4v) is 7.09. The Morgan fingerprint density at radius 2 is 1.66 bits per heavy atom. The lowest BCUT2D eigenvalue weighted by Gasteiger charge is -2.40. The summed E-state index contributed by atoms with van der Waals surface area (Å²) in [6.07, 6.45) is 7.64. The zero-order valence-electron chi connectivity index (χ0n) is 22.8. The average molecular weight is 577 g/mol. The predicted octanol–water partition coefficient (Wildman–Crippen LogP) is 6.16. The quantitative estimate of drug-likeness (QED) is 0.267. The van der Waals surface area contributed by atoms with Gasteiger partial charge in [0, 0.05) is 18.0 Å². The Bertz CT molecular complexity index is 1690. The lowest BCUT2D eigenvalue weighted by atomic mass is 9.65. The summed E-state index contributed by atoms with van der Waals surface area (Å²) in [7, 11) is -3.46. The molecule has 212 valence electrons. The van der Waals surface area contributed by atoms with Crippen LogP contribution in [0.2, 0.25) is 0 Å². The summed E-state index contributed by atoms with van der Waals surface area (Å²) in [5, 5.41) is 8.58. The highest BCUT2D eigenvalue weighted by Crippen LogP contribution is 2.49. The van der Waals surface area contributed by atoms with Gasteiger partial charge in [-0.25, -0.2) is 27.2 Å². The molecule has 1 fully saturated rings. The van der Waals surface area contributed by atoms with Crippen molar-refractivity contribution in [2.75, 3.05) is 4.72 Å². The number of pyridine rings is 1. The van der Waals surface area contributed by atoms with Gasteiger partial charge in [-0.05, 0) is 80.3 Å². The van der Waals surface area contributed by atoms with Gasteiger partial charge in [-0.2, -0.15) is 5.10 Å². The third kappa shape index (κ3) is 4.96. The standard InChI is InChI=1S/C30H30F2N6O2S/c1-3-18-13-14-30(4-2,28-21(18)15-25(36-37-28)27-22(31)7-5-8-23(27)32)26-10-6-9-24(35-26)19-16-33-29(34-17-19)38-41(39,40)20-11-12-20/h5-10,15-18,20H,3-4,11-14H2,1-2H3,(H,33,34,38)/t18-,30+/m0/s1. The molecule has 1 saturated carbocycles. The second kappa shape index (κ2) is 10.5. The van der Waals surface area contributed by atoms with E-state index >= 15 is 0 Å². The summed E-state index contributed by atoms with van der Waals surface area (Å²) in [6.45, 7) is 4.19. The van der Waals surface area contributed by atoms with E-state index < -0.39 is 27.1 Å². The minimum atomic E-state index is -3.46. The SMILES string of the molecule is CC[C@H]1CC[C@](CC)(c2cccc(-c3cnc(NS(=O)(=O)C4CC4)nc3)n2)c2nnc(-c3c(F)cccc3F)cc21. The highest BCUT2D eigenvalue weighted by molar-refractivity contribution is 7.93. The Labute approximate surface area is 237 Å². The lowest BCUT2D eigenvalue weighted by molar-refractivity contribution is 0.353. The van der Waals surface area contributed by atoms with Gasteiger partial charge >= 0.3 is 0 Å². The van der Waals surface area contributed by atoms with Crippen LogP contribution < -0.4 is 4.72 Å². The minimum absolute atomic E-state index is 0.0333. The van der Waals surface area contributed by atoms with Crippen molar-refractivity contribution in [2.24, 2.45) is 0 Å². The van der Waals surface area contributed by atoms with Crippen molar-refractivity contribution in [1.82, 2.24) is 25.1 Å². The molecular formula is C30H30F2N6O2S. The van der Waals surface area contributed by atoms with E-state index in [0.717, 1.165) is 36.2 Å². The zero-order valence-corrected chi connectivity index (χ0v) is 23.6. The molecule has 0 unspecified atom stereocenters. The maximum Gasteiger partial charge on any atom is 0.237 e. The molecule has 2 aliphatic rings. The third-order valence-corrected chi connectivity index (χ3v) is 10.2. The van der Waals surface area contributed by atoms with Crippen LogP contribution in [0.1, 0.15) is 75.2 Å². The fraction of sp³-hybridized carbons (Fsp3) is 0.367. The normalized spacial score (nSPS) is 20.4. The molecule has 2 atom stereocenters. The van der Waals surface area contributed by atoms with E-state index in [-0.39, 0.29) is 28.4 Å². The maximum absolute atomic E-state index is 14.6. The molecule has 1 aromatic carbocycles. The first-order valence-electron chi connectivity index (χ1n) is 13.9. The monoisotopic (exact) mass is 576 g/mol. The number of hydrogen-bond donors (Lipinski definition) is 1. The van der Waals surface area contributed by atoms with Crippen LogP contribution in [0.15, 0.2) is 54.9 Å². The number of hydrogen-bond acceptors (Lipinski definition) is 7. The molecule has 0 saturated heterocycles. The number of nitrogens with one attached hydrogen (secondary N) is 1. The molecule has 8 nitrogen and oxygen atoms in total. The second-order valence-electron chi connectivity index (χ2n) is 10.8. The van der Waals surface area contributed by atoms with Crippen LogP contribution in [0.4, 0.5) is 14.7 Å². The lowest BCUT2D eigenvalue weighted by Crippen LogP contribution is -2.35. The number of anilines is 1. The van der Waals surface area contributed by atoms with E-state index in [4.69, 9.17) is 4.98 Å². The number of fused-ring (bicyclic) bond motifs is 1. The summed E-state index contributed by atoms with van der Waals surface area (Å²) in [4.78, 5) is 13.4. The van der Waals surface area contributed by atoms with Crippen molar-refractivity contribution < 1.29 is 17.2 Å². The van der Waals surface area contributed by atoms with Crippen LogP contribution in [-0.2, 0) is 15.4 Å². The first-order chi connectivity index (χ1) is 19.8. The summed E-state index contributed by atoms with van der Waals surface area (Å²) in [5.74, 6) is -1.14. The summed E-state index contributed by atoms with van der Waals surface area (Å²) in [6, 6.07) is 11.3. The summed E-state index contributed by atoms with van der Waals surface area (Å²) in [5.41, 5.74) is 3.29. The Morgan fingerprint density at radius 1 is 0.951 bits per heavy atom. The molecule has 3 heterocycles. The molecule has 0 bridgehead atoms. The largest absolute Gasteiger partial charge is 0.252 e. The van der Waals surface area contributed by atoms with Gasteiger partial charge in [-0.3, -0.25) is 9.71 Å². The number of halogens is 2. The van der Waals surface area contributed by atoms with Crippen molar-refractivity contribution in [3.63, 3.8) is 0 Å². The predicted molar refractivity (Wildman–Crippen MR) is 152 cm³/mol. The second-order valence-corrected chi connectivity index (χ2v) is 12.7. The van der Waals surface area contributed by atoms with E-state index in [1.54, 1.807) is 18.5 Å². The molecule has 1 N–H and O–H groups in total. The molecule has 11 heteroatoms. The van der Waals surface area contributed by atoms with E-state index in [1.165, 1.54) is 18.2 Å². The van der Waals surface area contributed by atoms with Gasteiger partial charge in [-0.1, -0.05) is 26.0 Å². The number of rotatable bonds is 8. The van der Waals surface area contributed by atoms with Crippen molar-refractivity contribution >= 4 is 16.0 Å². The first kappa shape index (κ1) is 27.3. The number of aromatic nitrogens is 5. The van der Waals surface area contributed by atoms with Gasteiger partial charge in [0.1, 0.15) is 11.6 Å². The van der Waals surface area contributed by atoms with Crippen LogP contribution in [-0.4, -0.2) is 38.8 Å². The van der Waals surface area contributed by atoms with Gasteiger partial charge in [0.05, 0.1) is 39.0 Å². The summed E-state index contributed by atoms with van der Waals surface area (Å²) >= 11 is 0. The molecule has 0 amide bonds. The van der Waals surface area contributed by atoms with E-state index in [1.807, 2.05) is 18.2 Å². The molecule has 6 rings (SSSR count). The summed E-state index contributed by atoms with van der Waals surface area (Å²) < 4.78 is 56.2. The molecule has 41 heavy (non-hydrogen) atoms. The van der Waals surface area contributed by atoms with Crippen molar-refractivity contribution in [3.05, 3.63) is 83.4 Å². The smallest absolute Gasteiger partial charge is 0.237 e. The Balaban J connectivity index is 1.38.